The molecule has 0 aliphatic heterocycles. The average Bonchev–Trinajstić information content (AvgIpc) is 2.71. The number of hydrogen-bond acceptors (Lipinski definition) is 5. The number of benzene rings is 1. The van der Waals surface area contributed by atoms with Gasteiger partial charge < -0.3 is 19.7 Å². The van der Waals surface area contributed by atoms with Crippen LogP contribution in [-0.2, 0) is 0 Å². The van der Waals surface area contributed by atoms with Crippen LogP contribution in [0, 0.1) is 0 Å². The number of aromatic nitrogens is 1. The monoisotopic (exact) mass is 411 g/mol. The van der Waals surface area contributed by atoms with Crippen LogP contribution in [0.4, 0.5) is 18.9 Å². The van der Waals surface area contributed by atoms with Gasteiger partial charge in [0.2, 0.25) is 5.88 Å². The van der Waals surface area contributed by atoms with E-state index in [0.717, 1.165) is 25.8 Å². The number of nitrogens with one attached hydrogen (secondary N) is 1. The Balaban J connectivity index is 1.84. The van der Waals surface area contributed by atoms with Gasteiger partial charge in [0, 0.05) is 24.5 Å². The Hall–Kier alpha value is -2.81. The molecule has 0 atom stereocenters. The van der Waals surface area contributed by atoms with Crippen LogP contribution in [0.3, 0.4) is 0 Å². The number of amides is 1. The molecule has 6 nitrogen and oxygen atoms in total. The Morgan fingerprint density at radius 3 is 2.31 bits per heavy atom. The van der Waals surface area contributed by atoms with Crippen molar-refractivity contribution in [2.75, 3.05) is 38.2 Å². The van der Waals surface area contributed by atoms with Crippen LogP contribution in [0.5, 0.6) is 11.6 Å². The summed E-state index contributed by atoms with van der Waals surface area (Å²) in [5.41, 5.74) is 0.757. The maximum absolute atomic E-state index is 12.2. The number of carbonyl (C=O) groups is 1. The van der Waals surface area contributed by atoms with Crippen LogP contribution in [0.2, 0.25) is 0 Å². The highest BCUT2D eigenvalue weighted by atomic mass is 19.4. The van der Waals surface area contributed by atoms with E-state index in [4.69, 9.17) is 4.74 Å². The summed E-state index contributed by atoms with van der Waals surface area (Å²) in [6, 6.07) is 9.48. The predicted octanol–water partition coefficient (Wildman–Crippen LogP) is 4.00. The zero-order chi connectivity index (χ0) is 21.3. The first kappa shape index (κ1) is 22.5. The van der Waals surface area contributed by atoms with Crippen molar-refractivity contribution in [1.82, 2.24) is 9.88 Å². The molecule has 2 rings (SSSR count). The molecule has 2 aromatic rings. The Morgan fingerprint density at radius 1 is 1.07 bits per heavy atom. The normalized spacial score (nSPS) is 11.4. The molecule has 0 unspecified atom stereocenters. The van der Waals surface area contributed by atoms with Crippen molar-refractivity contribution >= 4 is 11.6 Å². The molecule has 0 fully saturated rings. The van der Waals surface area contributed by atoms with Crippen LogP contribution < -0.4 is 14.8 Å². The minimum Gasteiger partial charge on any atom is -0.492 e. The molecule has 1 aromatic carbocycles. The van der Waals surface area contributed by atoms with Crippen molar-refractivity contribution in [3.63, 3.8) is 0 Å². The molecule has 1 aromatic heterocycles. The lowest BCUT2D eigenvalue weighted by molar-refractivity contribution is -0.154. The highest BCUT2D eigenvalue weighted by molar-refractivity contribution is 6.04. The first-order valence-corrected chi connectivity index (χ1v) is 9.23. The van der Waals surface area contributed by atoms with Crippen LogP contribution in [-0.4, -0.2) is 54.8 Å². The van der Waals surface area contributed by atoms with Gasteiger partial charge in [-0.05, 0) is 43.4 Å². The molecule has 0 aliphatic carbocycles. The van der Waals surface area contributed by atoms with Gasteiger partial charge in [0.25, 0.3) is 5.91 Å². The van der Waals surface area contributed by atoms with Gasteiger partial charge in [-0.3, -0.25) is 4.79 Å². The van der Waals surface area contributed by atoms with Gasteiger partial charge in [0.05, 0.1) is 5.56 Å². The minimum absolute atomic E-state index is 0.198. The van der Waals surface area contributed by atoms with E-state index in [0.29, 0.717) is 18.0 Å². The summed E-state index contributed by atoms with van der Waals surface area (Å²) in [5, 5.41) is 2.69. The second kappa shape index (κ2) is 10.7. The topological polar surface area (TPSA) is 63.7 Å². The summed E-state index contributed by atoms with van der Waals surface area (Å²) in [6.45, 7) is 6.10. The maximum Gasteiger partial charge on any atom is 0.422 e. The number of halogens is 3. The van der Waals surface area contributed by atoms with Crippen molar-refractivity contribution in [1.29, 1.82) is 0 Å². The van der Waals surface area contributed by atoms with Crippen molar-refractivity contribution in [3.05, 3.63) is 48.2 Å². The number of likely N-dealkylation sites (N-methyl/N-ethyl adjacent to an activating group) is 1. The third kappa shape index (κ3) is 7.98. The number of carbonyl (C=O) groups excluding carboxylic acids is 1. The summed E-state index contributed by atoms with van der Waals surface area (Å²) < 4.78 is 46.6. The fraction of sp³-hybridized carbons (Fsp3) is 0.400. The lowest BCUT2D eigenvalue weighted by Gasteiger charge is -2.18. The first-order valence-electron chi connectivity index (χ1n) is 9.23. The molecule has 0 saturated carbocycles. The van der Waals surface area contributed by atoms with E-state index in [-0.39, 0.29) is 11.4 Å². The number of anilines is 1. The highest BCUT2D eigenvalue weighted by Gasteiger charge is 2.28. The summed E-state index contributed by atoms with van der Waals surface area (Å²) in [6.07, 6.45) is -3.29. The summed E-state index contributed by atoms with van der Waals surface area (Å²) >= 11 is 0. The molecular formula is C20H24F3N3O3. The van der Waals surface area contributed by atoms with Crippen molar-refractivity contribution in [2.45, 2.75) is 20.0 Å². The summed E-state index contributed by atoms with van der Waals surface area (Å²) in [5.74, 6) is 0.0585. The quantitative estimate of drug-likeness (QED) is 0.640. The Bertz CT molecular complexity index is 761. The van der Waals surface area contributed by atoms with Crippen LogP contribution in [0.1, 0.15) is 24.2 Å². The standard InChI is InChI=1S/C20H24F3N3O3/c1-3-26(4-2)11-12-28-17-8-6-16(7-9-17)25-19(27)15-5-10-18(24-13-15)29-14-20(21,22)23/h5-10,13H,3-4,11-12,14H2,1-2H3,(H,25,27). The van der Waals surface area contributed by atoms with Gasteiger partial charge in [-0.15, -0.1) is 0 Å². The second-order valence-electron chi connectivity index (χ2n) is 6.14. The average molecular weight is 411 g/mol. The number of rotatable bonds is 10. The smallest absolute Gasteiger partial charge is 0.422 e. The number of hydrogen-bond donors (Lipinski definition) is 1. The van der Waals surface area contributed by atoms with Gasteiger partial charge in [0.1, 0.15) is 12.4 Å². The lowest BCUT2D eigenvalue weighted by Crippen LogP contribution is -2.27. The number of nitrogens with zero attached hydrogens (tertiary/aromatic N) is 2. The molecule has 29 heavy (non-hydrogen) atoms. The maximum atomic E-state index is 12.2. The van der Waals surface area contributed by atoms with Gasteiger partial charge in [-0.2, -0.15) is 13.2 Å². The fourth-order valence-electron chi connectivity index (χ4n) is 2.43. The second-order valence-corrected chi connectivity index (χ2v) is 6.14. The molecule has 0 saturated heterocycles. The van der Waals surface area contributed by atoms with Gasteiger partial charge in [-0.1, -0.05) is 13.8 Å². The van der Waals surface area contributed by atoms with E-state index < -0.39 is 18.7 Å². The third-order valence-electron chi connectivity index (χ3n) is 4.07. The van der Waals surface area contributed by atoms with Crippen molar-refractivity contribution < 1.29 is 27.4 Å². The molecule has 0 bridgehead atoms. The van der Waals surface area contributed by atoms with Crippen LogP contribution >= 0.6 is 0 Å². The molecule has 1 amide bonds. The van der Waals surface area contributed by atoms with Crippen molar-refractivity contribution in [2.24, 2.45) is 0 Å². The molecule has 0 aliphatic rings. The molecule has 1 N–H and O–H groups in total. The molecule has 1 heterocycles. The molecular weight excluding hydrogens is 387 g/mol. The SMILES string of the molecule is CCN(CC)CCOc1ccc(NC(=O)c2ccc(OCC(F)(F)F)nc2)cc1. The third-order valence-corrected chi connectivity index (χ3v) is 4.07. The minimum atomic E-state index is -4.45. The van der Waals surface area contributed by atoms with E-state index in [9.17, 15) is 18.0 Å². The Labute approximate surface area is 167 Å². The van der Waals surface area contributed by atoms with E-state index in [1.807, 2.05) is 0 Å². The largest absolute Gasteiger partial charge is 0.492 e. The van der Waals surface area contributed by atoms with E-state index in [1.54, 1.807) is 24.3 Å². The zero-order valence-electron chi connectivity index (χ0n) is 16.3. The van der Waals surface area contributed by atoms with Crippen LogP contribution in [0.25, 0.3) is 0 Å². The highest BCUT2D eigenvalue weighted by Crippen LogP contribution is 2.19. The predicted molar refractivity (Wildman–Crippen MR) is 103 cm³/mol. The number of alkyl halides is 3. The number of ether oxygens (including phenoxy) is 2. The Kier molecular flexibility index (Phi) is 8.26. The van der Waals surface area contributed by atoms with E-state index in [2.05, 4.69) is 33.8 Å². The lowest BCUT2D eigenvalue weighted by atomic mass is 10.2. The van der Waals surface area contributed by atoms with Gasteiger partial charge >= 0.3 is 6.18 Å². The van der Waals surface area contributed by atoms with Gasteiger partial charge in [0.15, 0.2) is 6.61 Å². The van der Waals surface area contributed by atoms with E-state index in [1.165, 1.54) is 12.1 Å². The summed E-state index contributed by atoms with van der Waals surface area (Å²) in [4.78, 5) is 18.2. The first-order chi connectivity index (χ1) is 13.8. The Morgan fingerprint density at radius 2 is 1.76 bits per heavy atom. The van der Waals surface area contributed by atoms with E-state index >= 15 is 0 Å². The van der Waals surface area contributed by atoms with Crippen LogP contribution in [0.15, 0.2) is 42.6 Å². The molecule has 158 valence electrons. The molecule has 0 radical (unpaired) electrons. The zero-order valence-corrected chi connectivity index (χ0v) is 16.3. The fourth-order valence-corrected chi connectivity index (χ4v) is 2.43. The number of pyridine rings is 1. The van der Waals surface area contributed by atoms with Gasteiger partial charge in [-0.25, -0.2) is 4.98 Å². The molecule has 0 spiro atoms. The van der Waals surface area contributed by atoms with Crippen molar-refractivity contribution in [3.8, 4) is 11.6 Å². The summed E-state index contributed by atoms with van der Waals surface area (Å²) in [7, 11) is 0. The molecule has 9 heteroatoms.